The van der Waals surface area contributed by atoms with Crippen LogP contribution in [0.5, 0.6) is 0 Å². The summed E-state index contributed by atoms with van der Waals surface area (Å²) in [6, 6.07) is 3.68. The minimum absolute atomic E-state index is 0.0910. The van der Waals surface area contributed by atoms with Crippen LogP contribution in [0.4, 0.5) is 5.95 Å². The molecule has 1 aliphatic carbocycles. The van der Waals surface area contributed by atoms with Gasteiger partial charge in [0.2, 0.25) is 5.95 Å². The average molecular weight is 360 g/mol. The molecule has 0 bridgehead atoms. The Balaban J connectivity index is 1.46. The van der Waals surface area contributed by atoms with Gasteiger partial charge in [-0.15, -0.1) is 0 Å². The number of rotatable bonds is 5. The highest BCUT2D eigenvalue weighted by molar-refractivity contribution is 6.30. The zero-order valence-electron chi connectivity index (χ0n) is 14.2. The number of hydrogen-bond acceptors (Lipinski definition) is 5. The van der Waals surface area contributed by atoms with Crippen molar-refractivity contribution < 1.29 is 4.79 Å². The Morgan fingerprint density at radius 1 is 1.20 bits per heavy atom. The van der Waals surface area contributed by atoms with E-state index in [0.29, 0.717) is 28.1 Å². The molecule has 2 aromatic rings. The van der Waals surface area contributed by atoms with E-state index in [2.05, 4.69) is 25.6 Å². The number of halogens is 1. The van der Waals surface area contributed by atoms with Crippen molar-refractivity contribution in [3.05, 3.63) is 47.0 Å². The number of anilines is 1. The minimum Gasteiger partial charge on any atom is -0.354 e. The number of carbonyl (C=O) groups excluding carboxylic acids is 1. The van der Waals surface area contributed by atoms with Gasteiger partial charge >= 0.3 is 0 Å². The van der Waals surface area contributed by atoms with Gasteiger partial charge in [0.1, 0.15) is 0 Å². The van der Waals surface area contributed by atoms with Gasteiger partial charge in [0.15, 0.2) is 0 Å². The third-order valence-electron chi connectivity index (χ3n) is 4.59. The van der Waals surface area contributed by atoms with Crippen molar-refractivity contribution in [1.29, 1.82) is 0 Å². The summed E-state index contributed by atoms with van der Waals surface area (Å²) < 4.78 is 0. The van der Waals surface area contributed by atoms with E-state index in [1.165, 1.54) is 0 Å². The topological polar surface area (TPSA) is 79.8 Å². The third-order valence-corrected chi connectivity index (χ3v) is 4.80. The molecule has 1 aliphatic rings. The van der Waals surface area contributed by atoms with Crippen LogP contribution in [0.1, 0.15) is 41.7 Å². The summed E-state index contributed by atoms with van der Waals surface area (Å²) in [5.74, 6) is 1.15. The summed E-state index contributed by atoms with van der Waals surface area (Å²) >= 11 is 5.95. The Hall–Kier alpha value is -2.21. The number of aryl methyl sites for hydroxylation is 1. The molecule has 0 atom stereocenters. The second kappa shape index (κ2) is 8.25. The number of amides is 1. The highest BCUT2D eigenvalue weighted by Gasteiger charge is 2.23. The first-order chi connectivity index (χ1) is 12.1. The Labute approximate surface area is 152 Å². The molecule has 7 heteroatoms. The lowest BCUT2D eigenvalue weighted by molar-refractivity contribution is 0.0921. The number of aromatic nitrogens is 3. The predicted molar refractivity (Wildman–Crippen MR) is 97.7 cm³/mol. The van der Waals surface area contributed by atoms with Gasteiger partial charge in [-0.3, -0.25) is 9.78 Å². The SMILES string of the molecule is Cc1ncc(Cl)cc1C(=O)N[C@H]1CC[C@H](CNc2ncccn2)CC1. The molecule has 6 nitrogen and oxygen atoms in total. The Bertz CT molecular complexity index is 717. The van der Waals surface area contributed by atoms with Crippen molar-refractivity contribution in [2.24, 2.45) is 5.92 Å². The monoisotopic (exact) mass is 359 g/mol. The third kappa shape index (κ3) is 4.89. The molecule has 0 aromatic carbocycles. The Morgan fingerprint density at radius 2 is 1.92 bits per heavy atom. The molecule has 2 heterocycles. The highest BCUT2D eigenvalue weighted by Crippen LogP contribution is 2.25. The molecule has 3 rings (SSSR count). The van der Waals surface area contributed by atoms with Gasteiger partial charge in [-0.1, -0.05) is 11.6 Å². The maximum absolute atomic E-state index is 12.4. The fourth-order valence-corrected chi connectivity index (χ4v) is 3.30. The largest absolute Gasteiger partial charge is 0.354 e. The molecule has 0 aliphatic heterocycles. The first-order valence-corrected chi connectivity index (χ1v) is 8.93. The molecule has 2 N–H and O–H groups in total. The number of carbonyl (C=O) groups is 1. The van der Waals surface area contributed by atoms with Gasteiger partial charge in [0.25, 0.3) is 5.91 Å². The predicted octanol–water partition coefficient (Wildman–Crippen LogP) is 3.23. The van der Waals surface area contributed by atoms with Gasteiger partial charge in [-0.2, -0.15) is 0 Å². The second-order valence-corrected chi connectivity index (χ2v) is 6.87. The van der Waals surface area contributed by atoms with Gasteiger partial charge in [0, 0.05) is 31.2 Å². The number of nitrogens with one attached hydrogen (secondary N) is 2. The first kappa shape index (κ1) is 17.6. The number of nitrogens with zero attached hydrogens (tertiary/aromatic N) is 3. The molecule has 1 amide bonds. The van der Waals surface area contributed by atoms with E-state index in [1.807, 2.05) is 6.92 Å². The summed E-state index contributed by atoms with van der Waals surface area (Å²) in [4.78, 5) is 24.9. The van der Waals surface area contributed by atoms with Crippen LogP contribution in [0, 0.1) is 12.8 Å². The molecule has 132 valence electrons. The maximum Gasteiger partial charge on any atom is 0.253 e. The summed E-state index contributed by atoms with van der Waals surface area (Å²) in [6.45, 7) is 2.68. The van der Waals surface area contributed by atoms with Crippen LogP contribution >= 0.6 is 11.6 Å². The standard InChI is InChI=1S/C18H22ClN5O/c1-12-16(9-14(19)11-22-12)17(25)24-15-5-3-13(4-6-15)10-23-18-20-7-2-8-21-18/h2,7-9,11,13,15H,3-6,10H2,1H3,(H,24,25)(H,20,21,23)/t13-,15-. The van der Waals surface area contributed by atoms with Gasteiger partial charge in [-0.05, 0) is 50.7 Å². The molecular weight excluding hydrogens is 338 g/mol. The summed E-state index contributed by atoms with van der Waals surface area (Å²) in [5, 5.41) is 6.87. The zero-order valence-corrected chi connectivity index (χ0v) is 15.0. The highest BCUT2D eigenvalue weighted by atomic mass is 35.5. The van der Waals surface area contributed by atoms with Crippen molar-refractivity contribution in [2.45, 2.75) is 38.6 Å². The molecule has 1 saturated carbocycles. The Morgan fingerprint density at radius 3 is 2.64 bits per heavy atom. The molecule has 0 spiro atoms. The molecule has 0 saturated heterocycles. The van der Waals surface area contributed by atoms with Crippen LogP contribution in [-0.4, -0.2) is 33.4 Å². The van der Waals surface area contributed by atoms with E-state index in [4.69, 9.17) is 11.6 Å². The van der Waals surface area contributed by atoms with E-state index in [0.717, 1.165) is 32.2 Å². The maximum atomic E-state index is 12.4. The summed E-state index contributed by atoms with van der Waals surface area (Å²) in [6.07, 6.45) is 9.10. The lowest BCUT2D eigenvalue weighted by Crippen LogP contribution is -2.38. The fraction of sp³-hybridized carbons (Fsp3) is 0.444. The lowest BCUT2D eigenvalue weighted by atomic mass is 9.86. The van der Waals surface area contributed by atoms with E-state index >= 15 is 0 Å². The van der Waals surface area contributed by atoms with E-state index in [9.17, 15) is 4.79 Å². The Kier molecular flexibility index (Phi) is 5.81. The smallest absolute Gasteiger partial charge is 0.253 e. The molecular formula is C18H22ClN5O. The van der Waals surface area contributed by atoms with Crippen LogP contribution in [0.25, 0.3) is 0 Å². The van der Waals surface area contributed by atoms with Gasteiger partial charge < -0.3 is 10.6 Å². The van der Waals surface area contributed by atoms with Crippen LogP contribution < -0.4 is 10.6 Å². The summed E-state index contributed by atoms with van der Waals surface area (Å²) in [5.41, 5.74) is 1.25. The zero-order chi connectivity index (χ0) is 17.6. The van der Waals surface area contributed by atoms with Crippen molar-refractivity contribution in [3.63, 3.8) is 0 Å². The molecule has 25 heavy (non-hydrogen) atoms. The molecule has 0 radical (unpaired) electrons. The summed E-state index contributed by atoms with van der Waals surface area (Å²) in [7, 11) is 0. The molecule has 2 aromatic heterocycles. The van der Waals surface area contributed by atoms with Crippen molar-refractivity contribution in [2.75, 3.05) is 11.9 Å². The average Bonchev–Trinajstić information content (AvgIpc) is 2.64. The van der Waals surface area contributed by atoms with E-state index < -0.39 is 0 Å². The number of hydrogen-bond donors (Lipinski definition) is 2. The molecule has 1 fully saturated rings. The van der Waals surface area contributed by atoms with E-state index in [1.54, 1.807) is 30.7 Å². The minimum atomic E-state index is -0.0910. The van der Waals surface area contributed by atoms with Gasteiger partial charge in [-0.25, -0.2) is 9.97 Å². The van der Waals surface area contributed by atoms with E-state index in [-0.39, 0.29) is 11.9 Å². The normalized spacial score (nSPS) is 20.1. The quantitative estimate of drug-likeness (QED) is 0.856. The number of pyridine rings is 1. The van der Waals surface area contributed by atoms with Crippen molar-refractivity contribution in [3.8, 4) is 0 Å². The van der Waals surface area contributed by atoms with Crippen molar-refractivity contribution >= 4 is 23.5 Å². The van der Waals surface area contributed by atoms with Crippen LogP contribution in [-0.2, 0) is 0 Å². The lowest BCUT2D eigenvalue weighted by Gasteiger charge is -2.29. The fourth-order valence-electron chi connectivity index (χ4n) is 3.14. The molecule has 0 unspecified atom stereocenters. The van der Waals surface area contributed by atoms with Crippen molar-refractivity contribution in [1.82, 2.24) is 20.3 Å². The van der Waals surface area contributed by atoms with Crippen LogP contribution in [0.2, 0.25) is 5.02 Å². The van der Waals surface area contributed by atoms with Gasteiger partial charge in [0.05, 0.1) is 16.3 Å². The van der Waals surface area contributed by atoms with Crippen LogP contribution in [0.15, 0.2) is 30.7 Å². The second-order valence-electron chi connectivity index (χ2n) is 6.43. The van der Waals surface area contributed by atoms with Crippen LogP contribution in [0.3, 0.4) is 0 Å². The first-order valence-electron chi connectivity index (χ1n) is 8.55.